The van der Waals surface area contributed by atoms with Gasteiger partial charge in [0.2, 0.25) is 0 Å². The van der Waals surface area contributed by atoms with Gasteiger partial charge in [-0.25, -0.2) is 4.99 Å². The Morgan fingerprint density at radius 1 is 1.03 bits per heavy atom. The zero-order valence-electron chi connectivity index (χ0n) is 25.7. The van der Waals surface area contributed by atoms with Crippen LogP contribution in [0, 0.1) is 10.8 Å². The predicted octanol–water partition coefficient (Wildman–Crippen LogP) is 9.42. The molecule has 210 valence electrons. The van der Waals surface area contributed by atoms with E-state index in [1.807, 2.05) is 12.2 Å². The molecule has 4 heteroatoms. The molecule has 1 atom stereocenters. The molecule has 0 fully saturated rings. The number of benzene rings is 2. The molecule has 1 aliphatic rings. The van der Waals surface area contributed by atoms with Gasteiger partial charge in [0.25, 0.3) is 5.17 Å². The van der Waals surface area contributed by atoms with Gasteiger partial charge in [0, 0.05) is 16.5 Å². The Morgan fingerprint density at radius 3 is 2.26 bits per heavy atom. The largest absolute Gasteiger partial charge is 0.507 e. The second kappa shape index (κ2) is 11.0. The lowest BCUT2D eigenvalue weighted by Gasteiger charge is -2.34. The van der Waals surface area contributed by atoms with Gasteiger partial charge in [-0.2, -0.15) is 0 Å². The van der Waals surface area contributed by atoms with Gasteiger partial charge in [0.1, 0.15) is 11.5 Å². The van der Waals surface area contributed by atoms with Crippen LogP contribution < -0.4 is 4.74 Å². The minimum absolute atomic E-state index is 0.102. The molecule has 0 amide bonds. The Labute approximate surface area is 242 Å². The Hall–Kier alpha value is -2.72. The number of aliphatic imine (C=N–C) groups is 1. The van der Waals surface area contributed by atoms with Crippen molar-refractivity contribution in [3.63, 3.8) is 0 Å². The van der Waals surface area contributed by atoms with E-state index in [4.69, 9.17) is 17.0 Å². The van der Waals surface area contributed by atoms with E-state index in [-0.39, 0.29) is 26.8 Å². The van der Waals surface area contributed by atoms with Crippen molar-refractivity contribution in [2.75, 3.05) is 0 Å². The van der Waals surface area contributed by atoms with Crippen molar-refractivity contribution >= 4 is 23.1 Å². The zero-order chi connectivity index (χ0) is 29.4. The molecule has 0 saturated carbocycles. The summed E-state index contributed by atoms with van der Waals surface area (Å²) in [7, 11) is 0. The summed E-state index contributed by atoms with van der Waals surface area (Å²) in [6, 6.07) is 10.7. The van der Waals surface area contributed by atoms with Crippen molar-refractivity contribution in [3.8, 4) is 11.5 Å². The molecule has 0 heterocycles. The minimum Gasteiger partial charge on any atom is -0.507 e. The van der Waals surface area contributed by atoms with Crippen molar-refractivity contribution in [3.05, 3.63) is 83.0 Å². The molecule has 1 N–H and O–H groups in total. The highest BCUT2D eigenvalue weighted by atomic mass is 32.1. The maximum atomic E-state index is 11.3. The van der Waals surface area contributed by atoms with Crippen LogP contribution >= 0.6 is 12.2 Å². The number of hydrogen-bond acceptors (Lipinski definition) is 3. The first-order valence-corrected chi connectivity index (χ1v) is 14.4. The number of rotatable bonds is 8. The third-order valence-corrected chi connectivity index (χ3v) is 8.17. The summed E-state index contributed by atoms with van der Waals surface area (Å²) in [4.78, 5) is 4.52. The topological polar surface area (TPSA) is 41.8 Å². The summed E-state index contributed by atoms with van der Waals surface area (Å²) in [5.74, 6) is 1.24. The summed E-state index contributed by atoms with van der Waals surface area (Å²) < 4.78 is 6.38. The van der Waals surface area contributed by atoms with E-state index >= 15 is 0 Å². The molecule has 0 aliphatic heterocycles. The summed E-state index contributed by atoms with van der Waals surface area (Å²) >= 11 is 5.61. The lowest BCUT2D eigenvalue weighted by Crippen LogP contribution is -2.31. The number of phenols is 1. The van der Waals surface area contributed by atoms with Crippen LogP contribution in [0.15, 0.2) is 60.1 Å². The highest BCUT2D eigenvalue weighted by molar-refractivity contribution is 7.80. The van der Waals surface area contributed by atoms with Gasteiger partial charge < -0.3 is 9.84 Å². The number of nitrogens with zero attached hydrogens (tertiary/aromatic N) is 1. The summed E-state index contributed by atoms with van der Waals surface area (Å²) in [5.41, 5.74) is 5.73. The SMILES string of the molecule is C=CC(/C=C\CC)=NC(=S)Oc1c(CC(C)(C)C2(C)c3ccc(CC(C)(C)C)c(O)c32)cccc1C(C)(C)C. The number of thiocarbonyl (C=S) groups is 1. The molecule has 3 nitrogen and oxygen atoms in total. The fraction of sp³-hybridized carbons (Fsp3) is 0.486. The predicted molar refractivity (Wildman–Crippen MR) is 171 cm³/mol. The second-order valence-electron chi connectivity index (χ2n) is 13.9. The monoisotopic (exact) mass is 545 g/mol. The van der Waals surface area contributed by atoms with Crippen LogP contribution in [0.4, 0.5) is 0 Å². The molecule has 0 saturated heterocycles. The van der Waals surface area contributed by atoms with E-state index in [1.54, 1.807) is 6.08 Å². The van der Waals surface area contributed by atoms with Crippen LogP contribution in [0.25, 0.3) is 0 Å². The van der Waals surface area contributed by atoms with Gasteiger partial charge >= 0.3 is 0 Å². The van der Waals surface area contributed by atoms with E-state index in [2.05, 4.69) is 111 Å². The first kappa shape index (κ1) is 30.8. The van der Waals surface area contributed by atoms with Crippen molar-refractivity contribution in [1.29, 1.82) is 0 Å². The van der Waals surface area contributed by atoms with Crippen molar-refractivity contribution in [2.24, 2.45) is 15.8 Å². The smallest absolute Gasteiger partial charge is 0.289 e. The van der Waals surface area contributed by atoms with Gasteiger partial charge in [-0.15, -0.1) is 0 Å². The number of hydrogen-bond donors (Lipinski definition) is 1. The van der Waals surface area contributed by atoms with Gasteiger partial charge in [0.15, 0.2) is 0 Å². The quantitative estimate of drug-likeness (QED) is 0.265. The molecule has 2 aromatic carbocycles. The number of allylic oxidation sites excluding steroid dienone is 3. The second-order valence-corrected chi connectivity index (χ2v) is 14.2. The molecular formula is C35H47NO2S. The highest BCUT2D eigenvalue weighted by Gasteiger charge is 2.58. The Morgan fingerprint density at radius 2 is 1.69 bits per heavy atom. The minimum atomic E-state index is -0.234. The van der Waals surface area contributed by atoms with E-state index in [0.29, 0.717) is 11.5 Å². The van der Waals surface area contributed by atoms with Crippen LogP contribution in [-0.4, -0.2) is 16.0 Å². The van der Waals surface area contributed by atoms with Crippen LogP contribution in [0.2, 0.25) is 0 Å². The van der Waals surface area contributed by atoms with Crippen LogP contribution in [0.3, 0.4) is 0 Å². The molecule has 39 heavy (non-hydrogen) atoms. The Bertz CT molecular complexity index is 1320. The van der Waals surface area contributed by atoms with Gasteiger partial charge in [-0.05, 0) is 76.6 Å². The fourth-order valence-corrected chi connectivity index (χ4v) is 5.74. The standard InChI is InChI=1S/C35H47NO2S/c1-12-14-17-25(13-2)36-31(39)38-30-24(16-15-18-27(30)33(6,7)8)22-34(9,10)35(11)26-20-19-23(21-32(3,4)5)29(37)28(26)35/h13-20,37H,2,12,21-22H2,1,3-11H3/b17-14-,36-25?. The van der Waals surface area contributed by atoms with E-state index < -0.39 is 0 Å². The summed E-state index contributed by atoms with van der Waals surface area (Å²) in [5, 5.41) is 11.5. The van der Waals surface area contributed by atoms with Crippen LogP contribution in [-0.2, 0) is 23.7 Å². The number of para-hydroxylation sites is 1. The highest BCUT2D eigenvalue weighted by Crippen LogP contribution is 2.65. The lowest BCUT2D eigenvalue weighted by molar-refractivity contribution is 0.258. The molecule has 0 radical (unpaired) electrons. The molecule has 3 rings (SSSR count). The van der Waals surface area contributed by atoms with Crippen LogP contribution in [0.1, 0.15) is 103 Å². The van der Waals surface area contributed by atoms with E-state index in [9.17, 15) is 5.11 Å². The lowest BCUT2D eigenvalue weighted by atomic mass is 9.69. The Balaban J connectivity index is 2.00. The third-order valence-electron chi connectivity index (χ3n) is 7.99. The maximum absolute atomic E-state index is 11.3. The normalized spacial score (nSPS) is 17.7. The molecule has 2 aromatic rings. The van der Waals surface area contributed by atoms with E-state index in [0.717, 1.165) is 47.3 Å². The van der Waals surface area contributed by atoms with Gasteiger partial charge in [0.05, 0.1) is 5.71 Å². The summed E-state index contributed by atoms with van der Waals surface area (Å²) in [6.45, 7) is 25.9. The zero-order valence-corrected chi connectivity index (χ0v) is 26.5. The molecule has 0 bridgehead atoms. The van der Waals surface area contributed by atoms with Crippen molar-refractivity contribution < 1.29 is 9.84 Å². The molecule has 0 aromatic heterocycles. The fourth-order valence-electron chi connectivity index (χ4n) is 5.55. The van der Waals surface area contributed by atoms with Crippen LogP contribution in [0.5, 0.6) is 11.5 Å². The summed E-state index contributed by atoms with van der Waals surface area (Å²) in [6.07, 6.45) is 8.12. The number of fused-ring (bicyclic) bond motifs is 1. The van der Waals surface area contributed by atoms with E-state index in [1.165, 1.54) is 5.56 Å². The number of phenolic OH excluding ortho intramolecular Hbond substituents is 1. The van der Waals surface area contributed by atoms with Crippen molar-refractivity contribution in [2.45, 2.75) is 99.3 Å². The first-order chi connectivity index (χ1) is 18.0. The van der Waals surface area contributed by atoms with Gasteiger partial charge in [-0.3, -0.25) is 0 Å². The third kappa shape index (κ3) is 6.54. The average molecular weight is 546 g/mol. The van der Waals surface area contributed by atoms with Crippen molar-refractivity contribution in [1.82, 2.24) is 0 Å². The molecule has 1 aliphatic carbocycles. The molecule has 1 unspecified atom stereocenters. The number of aromatic hydroxyl groups is 1. The maximum Gasteiger partial charge on any atom is 0.289 e. The Kier molecular flexibility index (Phi) is 8.72. The molecular weight excluding hydrogens is 498 g/mol. The first-order valence-electron chi connectivity index (χ1n) is 14.0. The average Bonchev–Trinajstić information content (AvgIpc) is 3.45. The number of ether oxygens (including phenoxy) is 1. The van der Waals surface area contributed by atoms with Gasteiger partial charge in [-0.1, -0.05) is 112 Å². The molecule has 0 spiro atoms.